The lowest BCUT2D eigenvalue weighted by atomic mass is 9.97. The summed E-state index contributed by atoms with van der Waals surface area (Å²) < 4.78 is 2.31. The van der Waals surface area contributed by atoms with Crippen LogP contribution in [0.4, 0.5) is 10.5 Å². The molecule has 1 saturated carbocycles. The summed E-state index contributed by atoms with van der Waals surface area (Å²) in [5.74, 6) is 2.32. The summed E-state index contributed by atoms with van der Waals surface area (Å²) in [5.41, 5.74) is 2.01. The van der Waals surface area contributed by atoms with Crippen LogP contribution in [0.1, 0.15) is 43.0 Å². The summed E-state index contributed by atoms with van der Waals surface area (Å²) in [5, 5.41) is 3.03. The molecule has 1 aromatic carbocycles. The van der Waals surface area contributed by atoms with Gasteiger partial charge in [0.2, 0.25) is 0 Å². The third-order valence-corrected chi connectivity index (χ3v) is 5.24. The summed E-state index contributed by atoms with van der Waals surface area (Å²) in [6.45, 7) is 4.68. The van der Waals surface area contributed by atoms with Crippen LogP contribution < -0.4 is 5.32 Å². The highest BCUT2D eigenvalue weighted by Crippen LogP contribution is 2.33. The van der Waals surface area contributed by atoms with Crippen molar-refractivity contribution in [3.63, 3.8) is 0 Å². The van der Waals surface area contributed by atoms with Gasteiger partial charge in [0, 0.05) is 43.6 Å². The summed E-state index contributed by atoms with van der Waals surface area (Å²) in [4.78, 5) is 19.2. The monoisotopic (exact) mass is 338 g/mol. The van der Waals surface area contributed by atoms with E-state index in [1.165, 1.54) is 12.8 Å². The number of nitrogens with one attached hydrogen (secondary N) is 1. The van der Waals surface area contributed by atoms with Gasteiger partial charge in [-0.3, -0.25) is 0 Å². The molecule has 5 heteroatoms. The van der Waals surface area contributed by atoms with Gasteiger partial charge in [-0.1, -0.05) is 12.1 Å². The minimum absolute atomic E-state index is 0.00407. The average molecular weight is 338 g/mol. The van der Waals surface area contributed by atoms with Gasteiger partial charge in [0.25, 0.3) is 0 Å². The van der Waals surface area contributed by atoms with Crippen molar-refractivity contribution in [1.29, 1.82) is 0 Å². The maximum Gasteiger partial charge on any atom is 0.321 e. The summed E-state index contributed by atoms with van der Waals surface area (Å²) >= 11 is 0. The zero-order valence-corrected chi connectivity index (χ0v) is 14.8. The molecule has 25 heavy (non-hydrogen) atoms. The van der Waals surface area contributed by atoms with Crippen LogP contribution in [0.15, 0.2) is 36.7 Å². The topological polar surface area (TPSA) is 50.2 Å². The van der Waals surface area contributed by atoms with Crippen molar-refractivity contribution in [2.24, 2.45) is 5.92 Å². The summed E-state index contributed by atoms with van der Waals surface area (Å²) in [6.07, 6.45) is 8.82. The van der Waals surface area contributed by atoms with Gasteiger partial charge in [-0.25, -0.2) is 9.78 Å². The lowest BCUT2D eigenvalue weighted by Crippen LogP contribution is -2.42. The van der Waals surface area contributed by atoms with Gasteiger partial charge in [0.05, 0.1) is 0 Å². The molecule has 2 aliphatic rings. The standard InChI is InChI=1S/C20H26N4O/c1-15-4-2-6-18(12-15)22-20(25)24-10-3-5-17(14-24)19-21-9-11-23(19)13-16-7-8-16/h2,4,6,9,11-12,16-17H,3,5,7-8,10,13-14H2,1H3,(H,22,25)/t17-/m1/s1. The molecule has 1 aromatic heterocycles. The van der Waals surface area contributed by atoms with E-state index in [1.807, 2.05) is 42.3 Å². The molecule has 1 aliphatic heterocycles. The number of benzene rings is 1. The van der Waals surface area contributed by atoms with Crippen LogP contribution in [0.25, 0.3) is 0 Å². The third kappa shape index (κ3) is 3.86. The van der Waals surface area contributed by atoms with Crippen molar-refractivity contribution < 1.29 is 4.79 Å². The Morgan fingerprint density at radius 2 is 2.20 bits per heavy atom. The molecular formula is C20H26N4O. The second-order valence-corrected chi connectivity index (χ2v) is 7.47. The number of imidazole rings is 1. The number of amides is 2. The van der Waals surface area contributed by atoms with E-state index in [2.05, 4.69) is 21.1 Å². The molecule has 1 N–H and O–H groups in total. The van der Waals surface area contributed by atoms with Crippen molar-refractivity contribution in [3.8, 4) is 0 Å². The molecule has 0 unspecified atom stereocenters. The Labute approximate surface area is 149 Å². The summed E-state index contributed by atoms with van der Waals surface area (Å²) in [6, 6.07) is 7.94. The lowest BCUT2D eigenvalue weighted by molar-refractivity contribution is 0.190. The maximum atomic E-state index is 12.7. The fourth-order valence-electron chi connectivity index (χ4n) is 3.71. The average Bonchev–Trinajstić information content (AvgIpc) is 3.30. The number of nitrogens with zero attached hydrogens (tertiary/aromatic N) is 3. The van der Waals surface area contributed by atoms with Crippen molar-refractivity contribution in [1.82, 2.24) is 14.5 Å². The Morgan fingerprint density at radius 1 is 1.32 bits per heavy atom. The zero-order valence-electron chi connectivity index (χ0n) is 14.8. The SMILES string of the molecule is Cc1cccc(NC(=O)N2CCC[C@@H](c3nccn3CC3CC3)C2)c1. The fourth-order valence-corrected chi connectivity index (χ4v) is 3.71. The summed E-state index contributed by atoms with van der Waals surface area (Å²) in [7, 11) is 0. The molecule has 2 fully saturated rings. The first-order chi connectivity index (χ1) is 12.2. The van der Waals surface area contributed by atoms with Gasteiger partial charge < -0.3 is 14.8 Å². The molecule has 132 valence electrons. The van der Waals surface area contributed by atoms with E-state index in [9.17, 15) is 4.79 Å². The smallest absolute Gasteiger partial charge is 0.321 e. The number of urea groups is 1. The number of anilines is 1. The van der Waals surface area contributed by atoms with E-state index in [4.69, 9.17) is 0 Å². The number of aryl methyl sites for hydroxylation is 1. The minimum Gasteiger partial charge on any atom is -0.334 e. The van der Waals surface area contributed by atoms with Gasteiger partial charge in [-0.2, -0.15) is 0 Å². The molecule has 4 rings (SSSR count). The van der Waals surface area contributed by atoms with Crippen LogP contribution >= 0.6 is 0 Å². The van der Waals surface area contributed by atoms with Crippen LogP contribution in [0.5, 0.6) is 0 Å². The second kappa shape index (κ2) is 6.90. The largest absolute Gasteiger partial charge is 0.334 e. The van der Waals surface area contributed by atoms with Crippen molar-refractivity contribution in [2.45, 2.75) is 45.1 Å². The fraction of sp³-hybridized carbons (Fsp3) is 0.500. The number of hydrogen-bond donors (Lipinski definition) is 1. The first-order valence-corrected chi connectivity index (χ1v) is 9.32. The number of aromatic nitrogens is 2. The van der Waals surface area contributed by atoms with E-state index >= 15 is 0 Å². The van der Waals surface area contributed by atoms with Crippen LogP contribution in [0, 0.1) is 12.8 Å². The van der Waals surface area contributed by atoms with Crippen LogP contribution in [-0.4, -0.2) is 33.6 Å². The molecule has 2 aromatic rings. The van der Waals surface area contributed by atoms with Gasteiger partial charge in [0.15, 0.2) is 0 Å². The number of hydrogen-bond acceptors (Lipinski definition) is 2. The number of carbonyl (C=O) groups is 1. The van der Waals surface area contributed by atoms with Gasteiger partial charge in [-0.05, 0) is 56.2 Å². The molecule has 2 amide bonds. The molecular weight excluding hydrogens is 312 g/mol. The quantitative estimate of drug-likeness (QED) is 0.915. The van der Waals surface area contributed by atoms with E-state index < -0.39 is 0 Å². The number of likely N-dealkylation sites (tertiary alicyclic amines) is 1. The van der Waals surface area contributed by atoms with Gasteiger partial charge in [0.1, 0.15) is 5.82 Å². The van der Waals surface area contributed by atoms with Gasteiger partial charge >= 0.3 is 6.03 Å². The van der Waals surface area contributed by atoms with E-state index in [-0.39, 0.29) is 6.03 Å². The van der Waals surface area contributed by atoms with E-state index in [0.29, 0.717) is 5.92 Å². The van der Waals surface area contributed by atoms with Gasteiger partial charge in [-0.15, -0.1) is 0 Å². The number of rotatable bonds is 4. The van der Waals surface area contributed by atoms with Crippen molar-refractivity contribution >= 4 is 11.7 Å². The maximum absolute atomic E-state index is 12.7. The van der Waals surface area contributed by atoms with Crippen molar-refractivity contribution in [3.05, 3.63) is 48.0 Å². The predicted molar refractivity (Wildman–Crippen MR) is 98.7 cm³/mol. The molecule has 1 aliphatic carbocycles. The Hall–Kier alpha value is -2.30. The first kappa shape index (κ1) is 16.2. The predicted octanol–water partition coefficient (Wildman–Crippen LogP) is 4.01. The first-order valence-electron chi connectivity index (χ1n) is 9.32. The van der Waals surface area contributed by atoms with Crippen LogP contribution in [0.2, 0.25) is 0 Å². The van der Waals surface area contributed by atoms with Crippen LogP contribution in [0.3, 0.4) is 0 Å². The molecule has 0 radical (unpaired) electrons. The lowest BCUT2D eigenvalue weighted by Gasteiger charge is -2.32. The van der Waals surface area contributed by atoms with Crippen molar-refractivity contribution in [2.75, 3.05) is 18.4 Å². The molecule has 1 saturated heterocycles. The normalized spacial score (nSPS) is 20.5. The minimum atomic E-state index is -0.00407. The third-order valence-electron chi connectivity index (χ3n) is 5.24. The molecule has 0 spiro atoms. The number of carbonyl (C=O) groups excluding carboxylic acids is 1. The highest BCUT2D eigenvalue weighted by molar-refractivity contribution is 5.89. The molecule has 2 heterocycles. The zero-order chi connectivity index (χ0) is 17.2. The van der Waals surface area contributed by atoms with E-state index in [1.54, 1.807) is 0 Å². The Balaban J connectivity index is 1.42. The van der Waals surface area contributed by atoms with E-state index in [0.717, 1.165) is 55.5 Å². The second-order valence-electron chi connectivity index (χ2n) is 7.47. The van der Waals surface area contributed by atoms with Crippen LogP contribution in [-0.2, 0) is 6.54 Å². The highest BCUT2D eigenvalue weighted by atomic mass is 16.2. The molecule has 0 bridgehead atoms. The Kier molecular flexibility index (Phi) is 4.47. The molecule has 5 nitrogen and oxygen atoms in total. The molecule has 1 atom stereocenters. The number of piperidine rings is 1. The Bertz CT molecular complexity index is 750. The highest BCUT2D eigenvalue weighted by Gasteiger charge is 2.29. The Morgan fingerprint density at radius 3 is 3.00 bits per heavy atom.